The molecule has 112 valence electrons. The van der Waals surface area contributed by atoms with Gasteiger partial charge in [0.25, 0.3) is 0 Å². The summed E-state index contributed by atoms with van der Waals surface area (Å²) in [5.74, 6) is 1.61. The highest BCUT2D eigenvalue weighted by Crippen LogP contribution is 2.28. The molecule has 0 saturated heterocycles. The lowest BCUT2D eigenvalue weighted by atomic mass is 10.3. The van der Waals surface area contributed by atoms with Crippen LogP contribution in [0.2, 0.25) is 0 Å². The molecule has 2 aromatic rings. The Morgan fingerprint density at radius 1 is 1.10 bits per heavy atom. The van der Waals surface area contributed by atoms with Crippen molar-refractivity contribution in [3.8, 4) is 11.8 Å². The minimum Gasteiger partial charge on any atom is -0.496 e. The van der Waals surface area contributed by atoms with Gasteiger partial charge in [0.2, 0.25) is 11.9 Å². The van der Waals surface area contributed by atoms with E-state index in [0.29, 0.717) is 18.4 Å². The molecule has 0 unspecified atom stereocenters. The maximum Gasteiger partial charge on any atom is 0.322 e. The van der Waals surface area contributed by atoms with Crippen molar-refractivity contribution in [1.29, 1.82) is 0 Å². The number of nitrogens with one attached hydrogen (secondary N) is 2. The van der Waals surface area contributed by atoms with Gasteiger partial charge in [0.05, 0.1) is 18.7 Å². The fraction of sp³-hybridized carbons (Fsp3) is 0.308. The second kappa shape index (κ2) is 7.07. The minimum atomic E-state index is 0.246. The summed E-state index contributed by atoms with van der Waals surface area (Å²) in [6.45, 7) is 2.67. The largest absolute Gasteiger partial charge is 0.496 e. The van der Waals surface area contributed by atoms with Crippen LogP contribution in [0.1, 0.15) is 6.92 Å². The van der Waals surface area contributed by atoms with E-state index >= 15 is 0 Å². The Labute approximate surface area is 131 Å². The molecule has 8 heteroatoms. The number of benzene rings is 1. The van der Waals surface area contributed by atoms with Crippen LogP contribution >= 0.6 is 15.9 Å². The van der Waals surface area contributed by atoms with Gasteiger partial charge in [0.15, 0.2) is 0 Å². The Bertz CT molecular complexity index is 624. The lowest BCUT2D eigenvalue weighted by molar-refractivity contribution is 0.379. The fourth-order valence-corrected chi connectivity index (χ4v) is 2.15. The third-order valence-corrected chi connectivity index (χ3v) is 3.16. The first-order valence-electron chi connectivity index (χ1n) is 6.30. The van der Waals surface area contributed by atoms with E-state index in [0.717, 1.165) is 15.9 Å². The summed E-state index contributed by atoms with van der Waals surface area (Å²) in [4.78, 5) is 12.5. The molecule has 0 amide bonds. The number of halogens is 1. The molecule has 21 heavy (non-hydrogen) atoms. The number of hydrogen-bond acceptors (Lipinski definition) is 7. The highest BCUT2D eigenvalue weighted by Gasteiger charge is 2.08. The van der Waals surface area contributed by atoms with Crippen LogP contribution < -0.4 is 20.1 Å². The van der Waals surface area contributed by atoms with Crippen molar-refractivity contribution in [2.24, 2.45) is 0 Å². The number of methoxy groups -OCH3 is 2. The van der Waals surface area contributed by atoms with Crippen LogP contribution in [-0.4, -0.2) is 35.7 Å². The molecule has 0 radical (unpaired) electrons. The van der Waals surface area contributed by atoms with Gasteiger partial charge in [-0.05, 0) is 41.1 Å². The van der Waals surface area contributed by atoms with E-state index in [9.17, 15) is 0 Å². The van der Waals surface area contributed by atoms with Crippen LogP contribution in [0.15, 0.2) is 22.7 Å². The third kappa shape index (κ3) is 3.94. The van der Waals surface area contributed by atoms with Gasteiger partial charge in [-0.15, -0.1) is 0 Å². The number of aromatic nitrogens is 3. The van der Waals surface area contributed by atoms with E-state index in [1.54, 1.807) is 7.11 Å². The summed E-state index contributed by atoms with van der Waals surface area (Å²) in [6, 6.07) is 5.83. The predicted molar refractivity (Wildman–Crippen MR) is 84.5 cm³/mol. The lowest BCUT2D eigenvalue weighted by Crippen LogP contribution is -2.07. The number of anilines is 3. The molecule has 1 heterocycles. The van der Waals surface area contributed by atoms with Crippen molar-refractivity contribution in [1.82, 2.24) is 15.0 Å². The van der Waals surface area contributed by atoms with Crippen LogP contribution in [0.5, 0.6) is 11.8 Å². The van der Waals surface area contributed by atoms with Gasteiger partial charge < -0.3 is 20.1 Å². The Morgan fingerprint density at radius 2 is 1.86 bits per heavy atom. The second-order valence-electron chi connectivity index (χ2n) is 3.97. The summed E-state index contributed by atoms with van der Waals surface area (Å²) in [5.41, 5.74) is 0.818. The third-order valence-electron chi connectivity index (χ3n) is 2.54. The quantitative estimate of drug-likeness (QED) is 0.826. The van der Waals surface area contributed by atoms with Gasteiger partial charge in [0.1, 0.15) is 5.75 Å². The predicted octanol–water partition coefficient (Wildman–Crippen LogP) is 2.83. The average molecular weight is 354 g/mol. The summed E-state index contributed by atoms with van der Waals surface area (Å²) in [6.07, 6.45) is 0. The summed E-state index contributed by atoms with van der Waals surface area (Å²) in [5, 5.41) is 6.13. The van der Waals surface area contributed by atoms with Crippen LogP contribution in [-0.2, 0) is 0 Å². The maximum atomic E-state index is 5.19. The van der Waals surface area contributed by atoms with Crippen LogP contribution in [0, 0.1) is 0 Å². The molecule has 0 aliphatic carbocycles. The first-order valence-corrected chi connectivity index (χ1v) is 7.10. The molecular formula is C13H16BrN5O2. The molecular weight excluding hydrogens is 338 g/mol. The first-order chi connectivity index (χ1) is 10.2. The standard InChI is InChI=1S/C13H16BrN5O2/c1-4-15-11-17-12(19-13(18-11)21-3)16-8-5-6-10(20-2)9(14)7-8/h5-7H,4H2,1-3H3,(H2,15,16,17,18,19). The normalized spacial score (nSPS) is 10.1. The van der Waals surface area contributed by atoms with Gasteiger partial charge in [-0.3, -0.25) is 0 Å². The van der Waals surface area contributed by atoms with Crippen molar-refractivity contribution in [3.05, 3.63) is 22.7 Å². The van der Waals surface area contributed by atoms with E-state index < -0.39 is 0 Å². The van der Waals surface area contributed by atoms with Crippen LogP contribution in [0.4, 0.5) is 17.6 Å². The van der Waals surface area contributed by atoms with E-state index in [2.05, 4.69) is 41.5 Å². The Morgan fingerprint density at radius 3 is 2.48 bits per heavy atom. The summed E-state index contributed by atoms with van der Waals surface area (Å²) >= 11 is 3.43. The zero-order chi connectivity index (χ0) is 15.2. The maximum absolute atomic E-state index is 5.19. The molecule has 0 bridgehead atoms. The highest BCUT2D eigenvalue weighted by atomic mass is 79.9. The van der Waals surface area contributed by atoms with Gasteiger partial charge in [0, 0.05) is 12.2 Å². The van der Waals surface area contributed by atoms with Gasteiger partial charge in [-0.2, -0.15) is 15.0 Å². The van der Waals surface area contributed by atoms with Crippen molar-refractivity contribution >= 4 is 33.5 Å². The second-order valence-corrected chi connectivity index (χ2v) is 4.83. The molecule has 1 aromatic carbocycles. The molecule has 0 atom stereocenters. The first kappa shape index (κ1) is 15.3. The van der Waals surface area contributed by atoms with E-state index in [4.69, 9.17) is 9.47 Å². The van der Waals surface area contributed by atoms with E-state index in [-0.39, 0.29) is 6.01 Å². The topological polar surface area (TPSA) is 81.2 Å². The summed E-state index contributed by atoms with van der Waals surface area (Å²) in [7, 11) is 3.13. The Balaban J connectivity index is 2.25. The van der Waals surface area contributed by atoms with Crippen molar-refractivity contribution in [2.45, 2.75) is 6.92 Å². The van der Waals surface area contributed by atoms with Gasteiger partial charge in [-0.1, -0.05) is 0 Å². The van der Waals surface area contributed by atoms with E-state index in [1.165, 1.54) is 7.11 Å². The van der Waals surface area contributed by atoms with Gasteiger partial charge in [-0.25, -0.2) is 0 Å². The van der Waals surface area contributed by atoms with Crippen molar-refractivity contribution < 1.29 is 9.47 Å². The number of hydrogen-bond donors (Lipinski definition) is 2. The molecule has 0 aliphatic rings. The number of ether oxygens (including phenoxy) is 2. The number of rotatable bonds is 6. The smallest absolute Gasteiger partial charge is 0.322 e. The molecule has 7 nitrogen and oxygen atoms in total. The van der Waals surface area contributed by atoms with Crippen molar-refractivity contribution in [3.63, 3.8) is 0 Å². The molecule has 2 N–H and O–H groups in total. The SMILES string of the molecule is CCNc1nc(Nc2ccc(OC)c(Br)c2)nc(OC)n1. The zero-order valence-electron chi connectivity index (χ0n) is 12.0. The average Bonchev–Trinajstić information content (AvgIpc) is 2.47. The van der Waals surface area contributed by atoms with Gasteiger partial charge >= 0.3 is 6.01 Å². The monoisotopic (exact) mass is 353 g/mol. The minimum absolute atomic E-state index is 0.246. The van der Waals surface area contributed by atoms with Crippen molar-refractivity contribution in [2.75, 3.05) is 31.4 Å². The molecule has 2 rings (SSSR count). The molecule has 0 saturated carbocycles. The molecule has 0 aliphatic heterocycles. The molecule has 0 fully saturated rings. The molecule has 0 spiro atoms. The zero-order valence-corrected chi connectivity index (χ0v) is 13.6. The lowest BCUT2D eigenvalue weighted by Gasteiger charge is -2.10. The number of nitrogens with zero attached hydrogens (tertiary/aromatic N) is 3. The highest BCUT2D eigenvalue weighted by molar-refractivity contribution is 9.10. The van der Waals surface area contributed by atoms with Crippen LogP contribution in [0.25, 0.3) is 0 Å². The fourth-order valence-electron chi connectivity index (χ4n) is 1.61. The Hall–Kier alpha value is -2.09. The molecule has 1 aromatic heterocycles. The van der Waals surface area contributed by atoms with E-state index in [1.807, 2.05) is 25.1 Å². The van der Waals surface area contributed by atoms with Crippen LogP contribution in [0.3, 0.4) is 0 Å². The summed E-state index contributed by atoms with van der Waals surface area (Å²) < 4.78 is 11.1. The Kier molecular flexibility index (Phi) is 5.15.